The molecular formula is C23H26N4O2. The summed E-state index contributed by atoms with van der Waals surface area (Å²) in [5, 5.41) is 6.13. The summed E-state index contributed by atoms with van der Waals surface area (Å²) in [4.78, 5) is 21.2. The molecule has 0 aliphatic carbocycles. The van der Waals surface area contributed by atoms with Crippen LogP contribution in [-0.4, -0.2) is 29.5 Å². The minimum Gasteiger partial charge on any atom is -0.496 e. The lowest BCUT2D eigenvalue weighted by atomic mass is 10.0. The van der Waals surface area contributed by atoms with Crippen molar-refractivity contribution in [2.75, 3.05) is 24.3 Å². The fourth-order valence-corrected chi connectivity index (χ4v) is 3.09. The van der Waals surface area contributed by atoms with E-state index in [-0.39, 0.29) is 5.91 Å². The first-order valence-corrected chi connectivity index (χ1v) is 9.67. The molecule has 1 amide bonds. The molecule has 1 aromatic heterocycles. The van der Waals surface area contributed by atoms with Crippen LogP contribution in [0, 0.1) is 0 Å². The molecule has 29 heavy (non-hydrogen) atoms. The van der Waals surface area contributed by atoms with E-state index >= 15 is 0 Å². The van der Waals surface area contributed by atoms with Gasteiger partial charge in [0.25, 0.3) is 5.91 Å². The Kier molecular flexibility index (Phi) is 6.79. The summed E-state index contributed by atoms with van der Waals surface area (Å²) in [5.41, 5.74) is 3.31. The second kappa shape index (κ2) is 9.68. The number of nitrogens with one attached hydrogen (secondary N) is 2. The largest absolute Gasteiger partial charge is 0.496 e. The average molecular weight is 390 g/mol. The van der Waals surface area contributed by atoms with Gasteiger partial charge in [0.1, 0.15) is 11.4 Å². The van der Waals surface area contributed by atoms with Crippen LogP contribution in [0.1, 0.15) is 41.4 Å². The topological polar surface area (TPSA) is 76.1 Å². The van der Waals surface area contributed by atoms with E-state index in [1.807, 2.05) is 48.5 Å². The van der Waals surface area contributed by atoms with Crippen LogP contribution in [0.2, 0.25) is 0 Å². The van der Waals surface area contributed by atoms with Crippen molar-refractivity contribution in [1.29, 1.82) is 0 Å². The van der Waals surface area contributed by atoms with Gasteiger partial charge in [-0.2, -0.15) is 0 Å². The summed E-state index contributed by atoms with van der Waals surface area (Å²) in [6, 6.07) is 17.3. The molecular weight excluding hydrogens is 364 g/mol. The molecule has 0 bridgehead atoms. The first-order chi connectivity index (χ1) is 14.1. The Morgan fingerprint density at radius 2 is 1.83 bits per heavy atom. The van der Waals surface area contributed by atoms with Gasteiger partial charge in [-0.1, -0.05) is 50.2 Å². The summed E-state index contributed by atoms with van der Waals surface area (Å²) in [7, 11) is 1.66. The van der Waals surface area contributed by atoms with Crippen molar-refractivity contribution in [3.8, 4) is 5.75 Å². The second-order valence-corrected chi connectivity index (χ2v) is 6.95. The number of carbonyl (C=O) groups is 1. The molecule has 3 rings (SSSR count). The van der Waals surface area contributed by atoms with Crippen LogP contribution in [0.15, 0.2) is 60.8 Å². The molecule has 0 aliphatic heterocycles. The van der Waals surface area contributed by atoms with E-state index in [0.29, 0.717) is 24.1 Å². The summed E-state index contributed by atoms with van der Waals surface area (Å²) in [6.07, 6.45) is 2.34. The summed E-state index contributed by atoms with van der Waals surface area (Å²) in [5.74, 6) is 1.33. The number of carbonyl (C=O) groups excluding carboxylic acids is 1. The van der Waals surface area contributed by atoms with Crippen molar-refractivity contribution >= 4 is 17.5 Å². The van der Waals surface area contributed by atoms with Gasteiger partial charge in [0.15, 0.2) is 0 Å². The molecule has 0 aliphatic rings. The number of rotatable bonds is 8. The van der Waals surface area contributed by atoms with Crippen LogP contribution in [0.4, 0.5) is 11.6 Å². The zero-order valence-electron chi connectivity index (χ0n) is 17.0. The lowest BCUT2D eigenvalue weighted by Crippen LogP contribution is -2.17. The van der Waals surface area contributed by atoms with E-state index in [1.165, 1.54) is 0 Å². The molecule has 1 heterocycles. The highest BCUT2D eigenvalue weighted by atomic mass is 16.5. The monoisotopic (exact) mass is 390 g/mol. The van der Waals surface area contributed by atoms with Gasteiger partial charge in [-0.15, -0.1) is 0 Å². The molecule has 6 heteroatoms. The van der Waals surface area contributed by atoms with E-state index in [4.69, 9.17) is 4.74 Å². The Morgan fingerprint density at radius 3 is 2.62 bits per heavy atom. The van der Waals surface area contributed by atoms with Crippen molar-refractivity contribution < 1.29 is 9.53 Å². The Hall–Kier alpha value is -3.41. The van der Waals surface area contributed by atoms with Gasteiger partial charge >= 0.3 is 0 Å². The highest BCUT2D eigenvalue weighted by Gasteiger charge is 2.13. The normalized spacial score (nSPS) is 10.6. The minimum atomic E-state index is -0.256. The molecule has 0 radical (unpaired) electrons. The van der Waals surface area contributed by atoms with Gasteiger partial charge in [-0.3, -0.25) is 4.79 Å². The zero-order chi connectivity index (χ0) is 20.6. The Balaban J connectivity index is 1.64. The van der Waals surface area contributed by atoms with Crippen LogP contribution in [0.25, 0.3) is 0 Å². The smallest absolute Gasteiger partial charge is 0.274 e. The SMILES string of the molecule is COc1ccccc1CCNc1nccc(C(=O)Nc2ccccc2C(C)C)n1. The number of amides is 1. The van der Waals surface area contributed by atoms with Gasteiger partial charge in [-0.25, -0.2) is 9.97 Å². The Labute approximate surface area is 171 Å². The maximum atomic E-state index is 12.7. The number of methoxy groups -OCH3 is 1. The highest BCUT2D eigenvalue weighted by Crippen LogP contribution is 2.24. The lowest BCUT2D eigenvalue weighted by Gasteiger charge is -2.13. The predicted octanol–water partition coefficient (Wildman–Crippen LogP) is 4.52. The van der Waals surface area contributed by atoms with Crippen LogP contribution >= 0.6 is 0 Å². The van der Waals surface area contributed by atoms with Gasteiger partial charge in [0.2, 0.25) is 5.95 Å². The molecule has 6 nitrogen and oxygen atoms in total. The van der Waals surface area contributed by atoms with Crippen LogP contribution < -0.4 is 15.4 Å². The summed E-state index contributed by atoms with van der Waals surface area (Å²) in [6.45, 7) is 4.82. The van der Waals surface area contributed by atoms with E-state index in [0.717, 1.165) is 29.0 Å². The fraction of sp³-hybridized carbons (Fsp3) is 0.261. The number of ether oxygens (including phenoxy) is 1. The summed E-state index contributed by atoms with van der Waals surface area (Å²) < 4.78 is 5.37. The number of benzene rings is 2. The molecule has 2 aromatic carbocycles. The highest BCUT2D eigenvalue weighted by molar-refractivity contribution is 6.03. The van der Waals surface area contributed by atoms with Gasteiger partial charge < -0.3 is 15.4 Å². The number of hydrogen-bond donors (Lipinski definition) is 2. The van der Waals surface area contributed by atoms with Gasteiger partial charge in [0, 0.05) is 18.4 Å². The Bertz CT molecular complexity index is 972. The first-order valence-electron chi connectivity index (χ1n) is 9.67. The third-order valence-electron chi connectivity index (χ3n) is 4.59. The molecule has 0 atom stereocenters. The zero-order valence-corrected chi connectivity index (χ0v) is 17.0. The molecule has 0 spiro atoms. The van der Waals surface area contributed by atoms with Gasteiger partial charge in [-0.05, 0) is 41.7 Å². The molecule has 0 saturated heterocycles. The van der Waals surface area contributed by atoms with Crippen LogP contribution in [-0.2, 0) is 6.42 Å². The fourth-order valence-electron chi connectivity index (χ4n) is 3.09. The van der Waals surface area contributed by atoms with Crippen molar-refractivity contribution in [3.05, 3.63) is 77.6 Å². The molecule has 150 valence electrons. The van der Waals surface area contributed by atoms with Crippen molar-refractivity contribution in [3.63, 3.8) is 0 Å². The predicted molar refractivity (Wildman–Crippen MR) is 116 cm³/mol. The maximum absolute atomic E-state index is 12.7. The average Bonchev–Trinajstić information content (AvgIpc) is 2.74. The molecule has 0 unspecified atom stereocenters. The van der Waals surface area contributed by atoms with Gasteiger partial charge in [0.05, 0.1) is 7.11 Å². The number of anilines is 2. The maximum Gasteiger partial charge on any atom is 0.274 e. The number of nitrogens with zero attached hydrogens (tertiary/aromatic N) is 2. The molecule has 0 fully saturated rings. The lowest BCUT2D eigenvalue weighted by molar-refractivity contribution is 0.102. The number of para-hydroxylation sites is 2. The van der Waals surface area contributed by atoms with Crippen molar-refractivity contribution in [1.82, 2.24) is 9.97 Å². The van der Waals surface area contributed by atoms with Crippen LogP contribution in [0.5, 0.6) is 5.75 Å². The number of hydrogen-bond acceptors (Lipinski definition) is 5. The second-order valence-electron chi connectivity index (χ2n) is 6.95. The van der Waals surface area contributed by atoms with E-state index in [2.05, 4.69) is 34.4 Å². The standard InChI is InChI=1S/C23H26N4O2/c1-16(2)18-9-5-6-10-19(18)26-22(28)20-13-15-25-23(27-20)24-14-12-17-8-4-7-11-21(17)29-3/h4-11,13,15-16H,12,14H2,1-3H3,(H,26,28)(H,24,25,27). The quantitative estimate of drug-likeness (QED) is 0.592. The number of aromatic nitrogens is 2. The molecule has 2 N–H and O–H groups in total. The summed E-state index contributed by atoms with van der Waals surface area (Å²) >= 11 is 0. The van der Waals surface area contributed by atoms with Crippen molar-refractivity contribution in [2.24, 2.45) is 0 Å². The van der Waals surface area contributed by atoms with E-state index < -0.39 is 0 Å². The molecule has 0 saturated carbocycles. The van der Waals surface area contributed by atoms with Crippen LogP contribution in [0.3, 0.4) is 0 Å². The first kappa shape index (κ1) is 20.3. The van der Waals surface area contributed by atoms with E-state index in [9.17, 15) is 4.79 Å². The van der Waals surface area contributed by atoms with Crippen molar-refractivity contribution in [2.45, 2.75) is 26.2 Å². The van der Waals surface area contributed by atoms with E-state index in [1.54, 1.807) is 19.4 Å². The third kappa shape index (κ3) is 5.31. The molecule has 3 aromatic rings. The Morgan fingerprint density at radius 1 is 1.07 bits per heavy atom. The third-order valence-corrected chi connectivity index (χ3v) is 4.59. The minimum absolute atomic E-state index is 0.256.